The summed E-state index contributed by atoms with van der Waals surface area (Å²) < 4.78 is 83.7. The molecule has 4 amide bonds. The third-order valence-corrected chi connectivity index (χ3v) is 11.3. The summed E-state index contributed by atoms with van der Waals surface area (Å²) in [6, 6.07) is 2.38. The summed E-state index contributed by atoms with van der Waals surface area (Å²) in [4.78, 5) is 62.1. The number of ether oxygens (including phenoxy) is 2. The molecule has 6 atom stereocenters. The average molecular weight is 747 g/mol. The van der Waals surface area contributed by atoms with Crippen molar-refractivity contribution >= 4 is 58.5 Å². The molecule has 1 saturated carbocycles. The number of phenols is 1. The van der Waals surface area contributed by atoms with Crippen LogP contribution in [0.5, 0.6) is 17.2 Å². The van der Waals surface area contributed by atoms with E-state index < -0.39 is 110 Å². The van der Waals surface area contributed by atoms with Crippen LogP contribution in [0.25, 0.3) is 0 Å². The number of rotatable bonds is 8. The largest absolute Gasteiger partial charge is 0.502 e. The summed E-state index contributed by atoms with van der Waals surface area (Å²) in [6.07, 6.45) is 0.252. The van der Waals surface area contributed by atoms with Crippen molar-refractivity contribution in [2.75, 3.05) is 25.7 Å². The van der Waals surface area contributed by atoms with Crippen LogP contribution in [-0.4, -0.2) is 75.2 Å². The van der Waals surface area contributed by atoms with Crippen LogP contribution >= 0.6 is 23.2 Å². The molecule has 2 aromatic carbocycles. The van der Waals surface area contributed by atoms with Crippen molar-refractivity contribution in [1.82, 2.24) is 4.90 Å². The van der Waals surface area contributed by atoms with Crippen molar-refractivity contribution in [3.05, 3.63) is 58.4 Å². The Morgan fingerprint density at radius 3 is 2.00 bits per heavy atom. The van der Waals surface area contributed by atoms with Gasteiger partial charge in [0.25, 0.3) is 11.8 Å². The highest BCUT2D eigenvalue weighted by atomic mass is 35.5. The summed E-state index contributed by atoms with van der Waals surface area (Å²) in [5.74, 6) is -24.4. The molecule has 0 bridgehead atoms. The van der Waals surface area contributed by atoms with Gasteiger partial charge < -0.3 is 19.7 Å². The van der Waals surface area contributed by atoms with Crippen LogP contribution < -0.4 is 14.4 Å². The SMILES string of the molecule is COc1cc([C@H]2C3=CC[C@@H]4C(=O)N(CCCC(=O)O)C(=O)[C@@H]4[C@@H]3C[C@@]3(Cl)C(=O)N(c4c(F)c(F)c(F)c(F)c4F)C(=O)[C@@]23Cl)cc(OC)c1O. The van der Waals surface area contributed by atoms with Crippen LogP contribution in [-0.2, 0) is 24.0 Å². The molecule has 2 aromatic rings. The molecule has 0 radical (unpaired) electrons. The number of alkyl halides is 2. The van der Waals surface area contributed by atoms with Crippen molar-refractivity contribution in [1.29, 1.82) is 0 Å². The minimum Gasteiger partial charge on any atom is -0.502 e. The minimum atomic E-state index is -2.79. The number of allylic oxidation sites excluding steroid dienone is 2. The predicted molar refractivity (Wildman–Crippen MR) is 161 cm³/mol. The smallest absolute Gasteiger partial charge is 0.303 e. The van der Waals surface area contributed by atoms with Crippen LogP contribution in [0.2, 0.25) is 0 Å². The Kier molecular flexibility index (Phi) is 8.57. The predicted octanol–water partition coefficient (Wildman–Crippen LogP) is 4.53. The molecule has 2 aliphatic heterocycles. The van der Waals surface area contributed by atoms with E-state index in [9.17, 15) is 42.3 Å². The van der Waals surface area contributed by atoms with Gasteiger partial charge >= 0.3 is 5.97 Å². The molecule has 2 heterocycles. The monoisotopic (exact) mass is 746 g/mol. The summed E-state index contributed by atoms with van der Waals surface area (Å²) in [7, 11) is 2.34. The van der Waals surface area contributed by atoms with Crippen LogP contribution in [0.15, 0.2) is 23.8 Å². The van der Waals surface area contributed by atoms with Gasteiger partial charge in [-0.3, -0.25) is 28.9 Å². The lowest BCUT2D eigenvalue weighted by Crippen LogP contribution is -2.60. The van der Waals surface area contributed by atoms with Gasteiger partial charge in [0, 0.05) is 18.9 Å². The molecular formula is C32H25Cl2F5N2O9. The van der Waals surface area contributed by atoms with Crippen LogP contribution in [0, 0.1) is 46.8 Å². The number of aromatic hydroxyl groups is 1. The number of fused-ring (bicyclic) bond motifs is 4. The van der Waals surface area contributed by atoms with Crippen LogP contribution in [0.4, 0.5) is 27.6 Å². The first-order chi connectivity index (χ1) is 23.5. The molecule has 11 nitrogen and oxygen atoms in total. The Hall–Kier alpha value is -4.44. The molecular weight excluding hydrogens is 722 g/mol. The number of carboxylic acid groups (broad SMARTS) is 1. The zero-order valence-corrected chi connectivity index (χ0v) is 27.4. The second-order valence-electron chi connectivity index (χ2n) is 12.3. The molecule has 4 aliphatic rings. The van der Waals surface area contributed by atoms with E-state index in [2.05, 4.69) is 0 Å². The van der Waals surface area contributed by atoms with Gasteiger partial charge in [-0.1, -0.05) is 11.6 Å². The Balaban J connectivity index is 1.57. The van der Waals surface area contributed by atoms with Gasteiger partial charge in [0.1, 0.15) is 5.69 Å². The molecule has 0 spiro atoms. The Labute approximate surface area is 289 Å². The van der Waals surface area contributed by atoms with Crippen LogP contribution in [0.3, 0.4) is 0 Å². The lowest BCUT2D eigenvalue weighted by Gasteiger charge is -2.50. The number of nitrogens with zero attached hydrogens (tertiary/aromatic N) is 2. The van der Waals surface area contributed by atoms with Crippen molar-refractivity contribution in [3.8, 4) is 17.2 Å². The molecule has 18 heteroatoms. The van der Waals surface area contributed by atoms with Crippen molar-refractivity contribution in [2.24, 2.45) is 17.8 Å². The second-order valence-corrected chi connectivity index (χ2v) is 13.5. The molecule has 2 aliphatic carbocycles. The Morgan fingerprint density at radius 1 is 0.900 bits per heavy atom. The number of carbonyl (C=O) groups is 5. The molecule has 50 heavy (non-hydrogen) atoms. The van der Waals surface area contributed by atoms with Gasteiger partial charge in [0.05, 0.1) is 26.1 Å². The third-order valence-electron chi connectivity index (χ3n) is 9.92. The maximum absolute atomic E-state index is 15.2. The molecule has 0 unspecified atom stereocenters. The van der Waals surface area contributed by atoms with Crippen LogP contribution in [0.1, 0.15) is 37.2 Å². The summed E-state index contributed by atoms with van der Waals surface area (Å²) >= 11 is 14.2. The normalized spacial score (nSPS) is 28.8. The van der Waals surface area contributed by atoms with E-state index in [1.54, 1.807) is 0 Å². The number of benzene rings is 2. The molecule has 2 saturated heterocycles. The molecule has 3 fully saturated rings. The first-order valence-electron chi connectivity index (χ1n) is 15.0. The number of carbonyl (C=O) groups excluding carboxylic acids is 4. The first-order valence-corrected chi connectivity index (χ1v) is 15.7. The number of aliphatic carboxylic acids is 1. The number of likely N-dealkylation sites (tertiary alicyclic amines) is 1. The van der Waals surface area contributed by atoms with Gasteiger partial charge in [0.15, 0.2) is 44.5 Å². The number of methoxy groups -OCH3 is 2. The maximum atomic E-state index is 15.2. The number of anilines is 1. The number of hydrogen-bond donors (Lipinski definition) is 2. The fourth-order valence-corrected chi connectivity index (χ4v) is 8.63. The highest BCUT2D eigenvalue weighted by Crippen LogP contribution is 2.66. The lowest BCUT2D eigenvalue weighted by molar-refractivity contribution is -0.142. The van der Waals surface area contributed by atoms with E-state index in [0.29, 0.717) is 0 Å². The average Bonchev–Trinajstić information content (AvgIpc) is 3.40. The Bertz CT molecular complexity index is 1890. The molecule has 2 N–H and O–H groups in total. The Morgan fingerprint density at radius 2 is 1.46 bits per heavy atom. The third kappa shape index (κ3) is 4.63. The number of carboxylic acids is 1. The van der Waals surface area contributed by atoms with Gasteiger partial charge in [0.2, 0.25) is 23.4 Å². The van der Waals surface area contributed by atoms with Gasteiger partial charge in [-0.15, -0.1) is 23.2 Å². The highest BCUT2D eigenvalue weighted by Gasteiger charge is 2.77. The van der Waals surface area contributed by atoms with E-state index in [0.717, 1.165) is 4.90 Å². The molecule has 266 valence electrons. The topological polar surface area (TPSA) is 151 Å². The van der Waals surface area contributed by atoms with E-state index in [-0.39, 0.29) is 53.3 Å². The second kappa shape index (κ2) is 12.1. The lowest BCUT2D eigenvalue weighted by atomic mass is 9.56. The fraction of sp³-hybridized carbons (Fsp3) is 0.406. The van der Waals surface area contributed by atoms with Gasteiger partial charge in [-0.05, 0) is 42.9 Å². The van der Waals surface area contributed by atoms with Gasteiger partial charge in [-0.2, -0.15) is 0 Å². The number of imide groups is 2. The summed E-state index contributed by atoms with van der Waals surface area (Å²) in [5.41, 5.74) is -1.79. The van der Waals surface area contributed by atoms with Crippen molar-refractivity contribution in [2.45, 2.75) is 41.3 Å². The number of phenolic OH excluding ortho intramolecular Hbond substituents is 1. The number of amides is 4. The van der Waals surface area contributed by atoms with E-state index in [1.807, 2.05) is 0 Å². The number of halogens is 7. The number of hydrogen-bond acceptors (Lipinski definition) is 8. The van der Waals surface area contributed by atoms with Crippen molar-refractivity contribution in [3.63, 3.8) is 0 Å². The van der Waals surface area contributed by atoms with E-state index in [4.69, 9.17) is 37.8 Å². The zero-order chi connectivity index (χ0) is 36.8. The first kappa shape index (κ1) is 35.4. The fourth-order valence-electron chi connectivity index (χ4n) is 7.69. The van der Waals surface area contributed by atoms with Gasteiger partial charge in [-0.25, -0.2) is 26.9 Å². The molecule has 0 aromatic heterocycles. The standard InChI is InChI=1S/C32H25Cl2F5N2O9/c1-49-15-8-11(9-16(50-2)26(15)44)19-12-5-6-13-18(28(46)40(27(13)45)7-3-4-17(42)43)14(12)10-31(33)29(47)41(30(48)32(19,31)34)25-23(38)21(36)20(35)22(37)24(25)39/h5,8-9,13-14,18-19,44H,3-4,6-7,10H2,1-2H3,(H,42,43)/t13-,14+,18-,19-,31+,32-/m0/s1. The minimum absolute atomic E-state index is 0.0403. The highest BCUT2D eigenvalue weighted by molar-refractivity contribution is 6.58. The van der Waals surface area contributed by atoms with Crippen molar-refractivity contribution < 1.29 is 65.6 Å². The zero-order valence-electron chi connectivity index (χ0n) is 25.9. The summed E-state index contributed by atoms with van der Waals surface area (Å²) in [6.45, 7) is -0.244. The van der Waals surface area contributed by atoms with E-state index in [1.165, 1.54) is 32.4 Å². The molecule has 6 rings (SSSR count). The van der Waals surface area contributed by atoms with E-state index >= 15 is 8.78 Å². The maximum Gasteiger partial charge on any atom is 0.303 e. The quantitative estimate of drug-likeness (QED) is 0.0992. The summed E-state index contributed by atoms with van der Waals surface area (Å²) in [5, 5.41) is 19.7.